The van der Waals surface area contributed by atoms with Crippen molar-refractivity contribution in [1.82, 2.24) is 5.32 Å². The molecule has 0 saturated carbocycles. The van der Waals surface area contributed by atoms with Crippen LogP contribution in [0, 0.1) is 5.82 Å². The molecule has 33 heavy (non-hydrogen) atoms. The minimum atomic E-state index is -0.329. The van der Waals surface area contributed by atoms with Crippen molar-refractivity contribution in [3.8, 4) is 11.1 Å². The Balaban J connectivity index is 1.57. The Kier molecular flexibility index (Phi) is 7.43. The SMILES string of the molecule is CC(C)OCCNC(=O)c1cccc(-c2cccc3cc(Cc4cc(F)cc(Cl)c4)sc23)c1. The fourth-order valence-corrected chi connectivity index (χ4v) is 5.21. The summed E-state index contributed by atoms with van der Waals surface area (Å²) in [5.41, 5.74) is 3.50. The van der Waals surface area contributed by atoms with Crippen molar-refractivity contribution in [3.05, 3.63) is 93.6 Å². The molecule has 1 aromatic heterocycles. The molecule has 0 aliphatic heterocycles. The smallest absolute Gasteiger partial charge is 0.251 e. The van der Waals surface area contributed by atoms with Crippen LogP contribution in [0.3, 0.4) is 0 Å². The molecule has 1 heterocycles. The number of hydrogen-bond acceptors (Lipinski definition) is 3. The molecule has 4 aromatic rings. The Labute approximate surface area is 202 Å². The van der Waals surface area contributed by atoms with E-state index >= 15 is 0 Å². The van der Waals surface area contributed by atoms with Crippen molar-refractivity contribution >= 4 is 38.9 Å². The van der Waals surface area contributed by atoms with E-state index in [1.54, 1.807) is 17.4 Å². The summed E-state index contributed by atoms with van der Waals surface area (Å²) >= 11 is 7.69. The van der Waals surface area contributed by atoms with Gasteiger partial charge in [0.1, 0.15) is 5.82 Å². The second-order valence-electron chi connectivity index (χ2n) is 8.15. The number of amides is 1. The second-order valence-corrected chi connectivity index (χ2v) is 9.72. The molecule has 0 spiro atoms. The average Bonchev–Trinajstić information content (AvgIpc) is 3.18. The van der Waals surface area contributed by atoms with Crippen LogP contribution in [0.4, 0.5) is 4.39 Å². The average molecular weight is 482 g/mol. The van der Waals surface area contributed by atoms with E-state index in [9.17, 15) is 9.18 Å². The van der Waals surface area contributed by atoms with E-state index in [0.717, 1.165) is 31.7 Å². The van der Waals surface area contributed by atoms with Gasteiger partial charge in [0, 0.05) is 33.1 Å². The van der Waals surface area contributed by atoms with Gasteiger partial charge in [0.05, 0.1) is 12.7 Å². The minimum absolute atomic E-state index is 0.119. The topological polar surface area (TPSA) is 38.3 Å². The standard InChI is InChI=1S/C27H25ClFNO2S/c1-17(2)32-10-9-30-27(31)21-7-3-5-19(14-21)25-8-4-6-20-15-24(33-26(20)25)13-18-11-22(28)16-23(29)12-18/h3-8,11-12,14-17H,9-10,13H2,1-2H3,(H,30,31). The molecular weight excluding hydrogens is 457 g/mol. The van der Waals surface area contributed by atoms with Crippen LogP contribution in [0.5, 0.6) is 0 Å². The highest BCUT2D eigenvalue weighted by Crippen LogP contribution is 2.36. The summed E-state index contributed by atoms with van der Waals surface area (Å²) in [5.74, 6) is -0.448. The van der Waals surface area contributed by atoms with E-state index in [1.807, 2.05) is 44.2 Å². The Hall–Kier alpha value is -2.73. The molecule has 0 bridgehead atoms. The second kappa shape index (κ2) is 10.5. The first-order chi connectivity index (χ1) is 15.9. The van der Waals surface area contributed by atoms with E-state index in [-0.39, 0.29) is 17.8 Å². The fraction of sp³-hybridized carbons (Fsp3) is 0.222. The number of benzene rings is 3. The van der Waals surface area contributed by atoms with Gasteiger partial charge < -0.3 is 10.1 Å². The molecule has 3 aromatic carbocycles. The summed E-state index contributed by atoms with van der Waals surface area (Å²) in [6, 6.07) is 20.6. The van der Waals surface area contributed by atoms with Gasteiger partial charge in [0.25, 0.3) is 5.91 Å². The molecule has 0 saturated heterocycles. The van der Waals surface area contributed by atoms with Gasteiger partial charge in [-0.25, -0.2) is 4.39 Å². The van der Waals surface area contributed by atoms with Gasteiger partial charge in [-0.2, -0.15) is 0 Å². The highest BCUT2D eigenvalue weighted by Gasteiger charge is 2.12. The largest absolute Gasteiger partial charge is 0.377 e. The number of halogens is 2. The van der Waals surface area contributed by atoms with Gasteiger partial charge in [-0.1, -0.05) is 41.9 Å². The fourth-order valence-electron chi connectivity index (χ4n) is 3.73. The Morgan fingerprint density at radius 1 is 1.09 bits per heavy atom. The Morgan fingerprint density at radius 3 is 2.70 bits per heavy atom. The maximum Gasteiger partial charge on any atom is 0.251 e. The van der Waals surface area contributed by atoms with Crippen LogP contribution >= 0.6 is 22.9 Å². The van der Waals surface area contributed by atoms with Gasteiger partial charge in [-0.15, -0.1) is 11.3 Å². The first kappa shape index (κ1) is 23.4. The lowest BCUT2D eigenvalue weighted by molar-refractivity contribution is 0.0746. The molecule has 170 valence electrons. The lowest BCUT2D eigenvalue weighted by Gasteiger charge is -2.10. The van der Waals surface area contributed by atoms with Gasteiger partial charge >= 0.3 is 0 Å². The zero-order valence-electron chi connectivity index (χ0n) is 18.5. The molecule has 0 aliphatic carbocycles. The highest BCUT2D eigenvalue weighted by atomic mass is 35.5. The van der Waals surface area contributed by atoms with E-state index < -0.39 is 0 Å². The third-order valence-electron chi connectivity index (χ3n) is 5.17. The van der Waals surface area contributed by atoms with Crippen molar-refractivity contribution in [3.63, 3.8) is 0 Å². The first-order valence-corrected chi connectivity index (χ1v) is 12.0. The lowest BCUT2D eigenvalue weighted by Crippen LogP contribution is -2.28. The summed E-state index contributed by atoms with van der Waals surface area (Å²) in [7, 11) is 0. The first-order valence-electron chi connectivity index (χ1n) is 10.9. The molecule has 0 aliphatic rings. The van der Waals surface area contributed by atoms with Crippen LogP contribution in [-0.2, 0) is 11.2 Å². The molecule has 0 fully saturated rings. The number of carbonyl (C=O) groups is 1. The molecule has 1 amide bonds. The molecule has 0 unspecified atom stereocenters. The van der Waals surface area contributed by atoms with Crippen LogP contribution in [0.1, 0.15) is 34.6 Å². The summed E-state index contributed by atoms with van der Waals surface area (Å²) in [6.45, 7) is 4.89. The number of hydrogen-bond donors (Lipinski definition) is 1. The zero-order valence-corrected chi connectivity index (χ0v) is 20.1. The zero-order chi connectivity index (χ0) is 23.4. The number of thiophene rings is 1. The summed E-state index contributed by atoms with van der Waals surface area (Å²) in [6.07, 6.45) is 0.747. The number of carbonyl (C=O) groups excluding carboxylic acids is 1. The van der Waals surface area contributed by atoms with Crippen molar-refractivity contribution in [2.45, 2.75) is 26.4 Å². The molecule has 3 nitrogen and oxygen atoms in total. The Morgan fingerprint density at radius 2 is 1.91 bits per heavy atom. The number of nitrogens with one attached hydrogen (secondary N) is 1. The van der Waals surface area contributed by atoms with E-state index in [0.29, 0.717) is 30.2 Å². The number of rotatable bonds is 8. The normalized spacial score (nSPS) is 11.3. The van der Waals surface area contributed by atoms with Crippen molar-refractivity contribution in [2.75, 3.05) is 13.2 Å². The van der Waals surface area contributed by atoms with Gasteiger partial charge in [-0.05, 0) is 72.3 Å². The maximum absolute atomic E-state index is 13.7. The highest BCUT2D eigenvalue weighted by molar-refractivity contribution is 7.19. The quantitative estimate of drug-likeness (QED) is 0.272. The molecule has 1 N–H and O–H groups in total. The van der Waals surface area contributed by atoms with Crippen molar-refractivity contribution in [1.29, 1.82) is 0 Å². The third-order valence-corrected chi connectivity index (χ3v) is 6.57. The summed E-state index contributed by atoms with van der Waals surface area (Å²) in [4.78, 5) is 13.7. The van der Waals surface area contributed by atoms with Gasteiger partial charge in [0.2, 0.25) is 0 Å². The molecule has 4 rings (SSSR count). The molecule has 0 atom stereocenters. The van der Waals surface area contributed by atoms with Crippen LogP contribution < -0.4 is 5.32 Å². The molecular formula is C27H25ClFNO2S. The number of ether oxygens (including phenoxy) is 1. The van der Waals surface area contributed by atoms with E-state index in [4.69, 9.17) is 16.3 Å². The van der Waals surface area contributed by atoms with Gasteiger partial charge in [-0.3, -0.25) is 4.79 Å². The Bertz CT molecular complexity index is 1260. The van der Waals surface area contributed by atoms with Crippen LogP contribution in [-0.4, -0.2) is 25.2 Å². The maximum atomic E-state index is 13.7. The third kappa shape index (κ3) is 5.99. The number of fused-ring (bicyclic) bond motifs is 1. The van der Waals surface area contributed by atoms with E-state index in [2.05, 4.69) is 23.5 Å². The van der Waals surface area contributed by atoms with Crippen LogP contribution in [0.25, 0.3) is 21.2 Å². The predicted octanol–water partition coefficient (Wildman–Crippen LogP) is 7.11. The van der Waals surface area contributed by atoms with Gasteiger partial charge in [0.15, 0.2) is 0 Å². The van der Waals surface area contributed by atoms with Crippen molar-refractivity contribution < 1.29 is 13.9 Å². The molecule has 6 heteroatoms. The van der Waals surface area contributed by atoms with Crippen molar-refractivity contribution in [2.24, 2.45) is 0 Å². The minimum Gasteiger partial charge on any atom is -0.377 e. The van der Waals surface area contributed by atoms with E-state index in [1.165, 1.54) is 12.1 Å². The van der Waals surface area contributed by atoms with Crippen LogP contribution in [0.15, 0.2) is 66.7 Å². The predicted molar refractivity (Wildman–Crippen MR) is 135 cm³/mol. The molecule has 0 radical (unpaired) electrons. The summed E-state index contributed by atoms with van der Waals surface area (Å²) in [5, 5.41) is 4.43. The lowest BCUT2D eigenvalue weighted by atomic mass is 10.0. The monoisotopic (exact) mass is 481 g/mol. The van der Waals surface area contributed by atoms with Crippen LogP contribution in [0.2, 0.25) is 5.02 Å². The summed E-state index contributed by atoms with van der Waals surface area (Å²) < 4.78 is 20.4.